The van der Waals surface area contributed by atoms with Crippen LogP contribution in [0.15, 0.2) is 22.5 Å². The topological polar surface area (TPSA) is 127 Å². The first kappa shape index (κ1) is 32.3. The molecule has 3 heterocycles. The van der Waals surface area contributed by atoms with E-state index < -0.39 is 23.7 Å². The molecule has 0 aliphatic carbocycles. The number of hydrogen-bond donors (Lipinski definition) is 2. The normalized spacial score (nSPS) is 24.1. The van der Waals surface area contributed by atoms with E-state index in [1.54, 1.807) is 19.1 Å². The molecule has 2 N–H and O–H groups in total. The van der Waals surface area contributed by atoms with E-state index in [1.165, 1.54) is 47.7 Å². The lowest BCUT2D eigenvalue weighted by Crippen LogP contribution is -2.53. The maximum atomic E-state index is 13.3. The number of ether oxygens (including phenoxy) is 1. The van der Waals surface area contributed by atoms with Crippen molar-refractivity contribution in [1.82, 2.24) is 15.6 Å². The number of aliphatic imine (C=N–C) groups is 1. The summed E-state index contributed by atoms with van der Waals surface area (Å²) < 4.78 is 5.74. The smallest absolute Gasteiger partial charge is 0.329 e. The molecule has 3 rings (SSSR count). The Bertz CT molecular complexity index is 1120. The van der Waals surface area contributed by atoms with Crippen molar-refractivity contribution in [2.75, 3.05) is 11.5 Å². The molecule has 12 heteroatoms. The molecule has 3 atom stereocenters. The van der Waals surface area contributed by atoms with Gasteiger partial charge in [-0.2, -0.15) is 0 Å². The average molecular weight is 609 g/mol. The van der Waals surface area contributed by atoms with E-state index in [1.807, 2.05) is 19.2 Å². The lowest BCUT2D eigenvalue weighted by Gasteiger charge is -2.27. The van der Waals surface area contributed by atoms with Crippen molar-refractivity contribution >= 4 is 62.8 Å². The molecule has 0 aromatic carbocycles. The van der Waals surface area contributed by atoms with Gasteiger partial charge in [0.15, 0.2) is 5.12 Å². The number of thiazole rings is 1. The van der Waals surface area contributed by atoms with Gasteiger partial charge >= 0.3 is 5.97 Å². The molecule has 1 aromatic heterocycles. The molecule has 220 valence electrons. The van der Waals surface area contributed by atoms with E-state index in [-0.39, 0.29) is 35.8 Å². The highest BCUT2D eigenvalue weighted by Crippen LogP contribution is 2.32. The predicted octanol–water partition coefficient (Wildman–Crippen LogP) is 4.64. The molecule has 9 nitrogen and oxygen atoms in total. The van der Waals surface area contributed by atoms with Gasteiger partial charge in [-0.3, -0.25) is 19.4 Å². The Balaban J connectivity index is 1.70. The van der Waals surface area contributed by atoms with Gasteiger partial charge in [-0.15, -0.1) is 23.1 Å². The number of rotatable bonds is 10. The summed E-state index contributed by atoms with van der Waals surface area (Å²) in [6.07, 6.45) is 8.47. The van der Waals surface area contributed by atoms with Crippen LogP contribution in [0.3, 0.4) is 0 Å². The number of carbonyl (C=O) groups is 4. The fourth-order valence-corrected chi connectivity index (χ4v) is 6.73. The number of nitrogens with one attached hydrogen (secondary N) is 2. The lowest BCUT2D eigenvalue weighted by molar-refractivity contribution is -0.153. The Kier molecular flexibility index (Phi) is 12.7. The first-order valence-corrected chi connectivity index (χ1v) is 16.7. The Morgan fingerprint density at radius 2 is 2.02 bits per heavy atom. The minimum absolute atomic E-state index is 0.0877. The molecule has 0 unspecified atom stereocenters. The standard InChI is InChI=1S/C28H40N4O5S3/c1-5-6-7-8-9-12-23(34)38-13-10-11-19-14-21(33)29-15-22-30-20(16-39-22)25-32-28(4,17-40-25)27(36)31-24(18(2)3)26(35)37-19/h10-11,16,18-19,24H,5-9,12-15,17H2,1-4H3,(H,29,33)(H,31,36)/b11-10+/t19-,24+,28+/m1/s1. The van der Waals surface area contributed by atoms with Crippen LogP contribution >= 0.6 is 34.9 Å². The Hall–Kier alpha value is -2.18. The minimum atomic E-state index is -1.04. The number of hydrogen-bond acceptors (Lipinski definition) is 10. The van der Waals surface area contributed by atoms with Crippen LogP contribution in [0.4, 0.5) is 0 Å². The van der Waals surface area contributed by atoms with Crippen LogP contribution in [-0.2, 0) is 30.5 Å². The lowest BCUT2D eigenvalue weighted by atomic mass is 10.0. The highest BCUT2D eigenvalue weighted by molar-refractivity contribution is 8.14. The summed E-state index contributed by atoms with van der Waals surface area (Å²) in [6.45, 7) is 7.79. The van der Waals surface area contributed by atoms with Crippen LogP contribution in [-0.4, -0.2) is 62.1 Å². The third kappa shape index (κ3) is 9.73. The zero-order valence-electron chi connectivity index (χ0n) is 23.7. The first-order valence-electron chi connectivity index (χ1n) is 13.9. The molecular weight excluding hydrogens is 569 g/mol. The number of amides is 2. The SMILES string of the molecule is CCCCCCCC(=O)SC/C=C/[C@@H]1CC(=O)NCc2nc(cs2)C2=N[C@@](C)(CS2)C(=O)N[C@@H](C(C)C)C(=O)O1. The quantitative estimate of drug-likeness (QED) is 0.223. The minimum Gasteiger partial charge on any atom is -0.456 e. The second kappa shape index (κ2) is 15.7. The summed E-state index contributed by atoms with van der Waals surface area (Å²) in [5.41, 5.74) is -0.363. The maximum Gasteiger partial charge on any atom is 0.329 e. The second-order valence-corrected chi connectivity index (χ2v) is 13.5. The highest BCUT2D eigenvalue weighted by Gasteiger charge is 2.41. The summed E-state index contributed by atoms with van der Waals surface area (Å²) in [5, 5.41) is 9.07. The van der Waals surface area contributed by atoms with Crippen LogP contribution in [0.2, 0.25) is 0 Å². The van der Waals surface area contributed by atoms with E-state index in [0.29, 0.717) is 33.7 Å². The van der Waals surface area contributed by atoms with Gasteiger partial charge in [0.25, 0.3) is 0 Å². The maximum absolute atomic E-state index is 13.3. The van der Waals surface area contributed by atoms with E-state index in [2.05, 4.69) is 27.5 Å². The fourth-order valence-electron chi connectivity index (χ4n) is 4.12. The third-order valence-electron chi connectivity index (χ3n) is 6.57. The van der Waals surface area contributed by atoms with Crippen molar-refractivity contribution in [3.63, 3.8) is 0 Å². The van der Waals surface area contributed by atoms with Crippen molar-refractivity contribution in [2.24, 2.45) is 10.9 Å². The first-order chi connectivity index (χ1) is 19.1. The zero-order chi connectivity index (χ0) is 29.1. The molecule has 40 heavy (non-hydrogen) atoms. The van der Waals surface area contributed by atoms with Gasteiger partial charge in [-0.25, -0.2) is 9.78 Å². The molecule has 2 aliphatic rings. The van der Waals surface area contributed by atoms with Gasteiger partial charge in [0.05, 0.1) is 13.0 Å². The summed E-state index contributed by atoms with van der Waals surface area (Å²) in [4.78, 5) is 60.7. The van der Waals surface area contributed by atoms with Crippen LogP contribution < -0.4 is 10.6 Å². The molecule has 0 radical (unpaired) electrons. The molecule has 2 amide bonds. The number of thioether (sulfide) groups is 2. The summed E-state index contributed by atoms with van der Waals surface area (Å²) in [7, 11) is 0. The molecule has 2 aliphatic heterocycles. The number of cyclic esters (lactones) is 1. The van der Waals surface area contributed by atoms with Gasteiger partial charge in [-0.1, -0.05) is 64.3 Å². The molecule has 1 aromatic rings. The Morgan fingerprint density at radius 1 is 1.25 bits per heavy atom. The monoisotopic (exact) mass is 608 g/mol. The van der Waals surface area contributed by atoms with Crippen molar-refractivity contribution in [3.8, 4) is 0 Å². The van der Waals surface area contributed by atoms with E-state index in [4.69, 9.17) is 4.74 Å². The van der Waals surface area contributed by atoms with Gasteiger partial charge in [-0.05, 0) is 25.3 Å². The van der Waals surface area contributed by atoms with Gasteiger partial charge in [0.1, 0.15) is 33.4 Å². The molecule has 4 bridgehead atoms. The van der Waals surface area contributed by atoms with Crippen molar-refractivity contribution in [3.05, 3.63) is 28.2 Å². The number of aromatic nitrogens is 1. The third-order valence-corrected chi connectivity index (χ3v) is 9.59. The van der Waals surface area contributed by atoms with Crippen LogP contribution in [0, 0.1) is 5.92 Å². The Morgan fingerprint density at radius 3 is 2.77 bits per heavy atom. The number of nitrogens with zero attached hydrogens (tertiary/aromatic N) is 2. The largest absolute Gasteiger partial charge is 0.456 e. The molecule has 0 spiro atoms. The number of fused-ring (bicyclic) bond motifs is 4. The molecule has 0 saturated heterocycles. The van der Waals surface area contributed by atoms with Crippen LogP contribution in [0.1, 0.15) is 83.3 Å². The summed E-state index contributed by atoms with van der Waals surface area (Å²) in [5.74, 6) is -0.670. The van der Waals surface area contributed by atoms with Crippen LogP contribution in [0.25, 0.3) is 0 Å². The number of unbranched alkanes of at least 4 members (excludes halogenated alkanes) is 4. The van der Waals surface area contributed by atoms with Gasteiger partial charge in [0, 0.05) is 23.3 Å². The van der Waals surface area contributed by atoms with E-state index in [9.17, 15) is 19.2 Å². The average Bonchev–Trinajstić information content (AvgIpc) is 3.55. The summed E-state index contributed by atoms with van der Waals surface area (Å²) >= 11 is 4.07. The summed E-state index contributed by atoms with van der Waals surface area (Å²) in [6, 6.07) is -0.907. The van der Waals surface area contributed by atoms with E-state index >= 15 is 0 Å². The molecule has 0 fully saturated rings. The number of carbonyl (C=O) groups excluding carboxylic acids is 4. The van der Waals surface area contributed by atoms with Gasteiger partial charge in [0.2, 0.25) is 11.8 Å². The van der Waals surface area contributed by atoms with Crippen molar-refractivity contribution in [1.29, 1.82) is 0 Å². The van der Waals surface area contributed by atoms with Crippen LogP contribution in [0.5, 0.6) is 0 Å². The van der Waals surface area contributed by atoms with Crippen molar-refractivity contribution < 1.29 is 23.9 Å². The Labute approximate surface area is 249 Å². The molecule has 0 saturated carbocycles. The second-order valence-electron chi connectivity index (χ2n) is 10.5. The van der Waals surface area contributed by atoms with Crippen molar-refractivity contribution in [2.45, 2.75) is 96.9 Å². The highest BCUT2D eigenvalue weighted by atomic mass is 32.2. The van der Waals surface area contributed by atoms with E-state index in [0.717, 1.165) is 19.3 Å². The fraction of sp³-hybridized carbons (Fsp3) is 0.643. The zero-order valence-corrected chi connectivity index (χ0v) is 26.1. The number of esters is 1. The molecular formula is C28H40N4O5S3. The van der Waals surface area contributed by atoms with Gasteiger partial charge < -0.3 is 15.4 Å². The predicted molar refractivity (Wildman–Crippen MR) is 163 cm³/mol.